The van der Waals surface area contributed by atoms with E-state index in [2.05, 4.69) is 0 Å². The van der Waals surface area contributed by atoms with Gasteiger partial charge in [0.1, 0.15) is 0 Å². The molecule has 2 aliphatic carbocycles. The normalized spacial score (nSPS) is 49.8. The summed E-state index contributed by atoms with van der Waals surface area (Å²) in [5.41, 5.74) is 5.93. The van der Waals surface area contributed by atoms with E-state index in [1.807, 2.05) is 0 Å². The largest absolute Gasteiger partial charge is 0.376 e. The van der Waals surface area contributed by atoms with E-state index in [1.165, 1.54) is 19.3 Å². The zero-order valence-corrected chi connectivity index (χ0v) is 6.99. The SMILES string of the molecule is COC12CCCC1C2N.Cl. The van der Waals surface area contributed by atoms with Gasteiger partial charge in [-0.2, -0.15) is 0 Å². The highest BCUT2D eigenvalue weighted by atomic mass is 35.5. The highest BCUT2D eigenvalue weighted by Gasteiger charge is 2.65. The first-order valence-corrected chi connectivity index (χ1v) is 3.62. The van der Waals surface area contributed by atoms with Crippen molar-refractivity contribution in [2.45, 2.75) is 30.9 Å². The molecule has 0 heterocycles. The lowest BCUT2D eigenvalue weighted by molar-refractivity contribution is 0.0696. The highest BCUT2D eigenvalue weighted by molar-refractivity contribution is 5.85. The van der Waals surface area contributed by atoms with Crippen molar-refractivity contribution in [2.24, 2.45) is 11.7 Å². The summed E-state index contributed by atoms with van der Waals surface area (Å²) in [4.78, 5) is 0. The molecule has 0 saturated heterocycles. The lowest BCUT2D eigenvalue weighted by Gasteiger charge is -2.09. The van der Waals surface area contributed by atoms with Gasteiger partial charge in [0.05, 0.1) is 5.60 Å². The van der Waals surface area contributed by atoms with E-state index in [-0.39, 0.29) is 18.0 Å². The van der Waals surface area contributed by atoms with Crippen LogP contribution in [0.3, 0.4) is 0 Å². The van der Waals surface area contributed by atoms with Crippen LogP contribution >= 0.6 is 12.4 Å². The molecule has 0 radical (unpaired) electrons. The molecule has 2 nitrogen and oxygen atoms in total. The van der Waals surface area contributed by atoms with Gasteiger partial charge in [0, 0.05) is 19.1 Å². The van der Waals surface area contributed by atoms with Crippen LogP contribution in [-0.2, 0) is 4.74 Å². The summed E-state index contributed by atoms with van der Waals surface area (Å²) in [5, 5.41) is 0. The van der Waals surface area contributed by atoms with Gasteiger partial charge in [-0.3, -0.25) is 0 Å². The van der Waals surface area contributed by atoms with Gasteiger partial charge in [-0.1, -0.05) is 6.42 Å². The molecule has 10 heavy (non-hydrogen) atoms. The van der Waals surface area contributed by atoms with Crippen molar-refractivity contribution in [3.63, 3.8) is 0 Å². The molecule has 0 bridgehead atoms. The van der Waals surface area contributed by atoms with E-state index in [0.29, 0.717) is 12.0 Å². The van der Waals surface area contributed by atoms with Crippen molar-refractivity contribution in [1.82, 2.24) is 0 Å². The molecule has 3 unspecified atom stereocenters. The number of halogens is 1. The van der Waals surface area contributed by atoms with Gasteiger partial charge in [0.2, 0.25) is 0 Å². The number of rotatable bonds is 1. The Morgan fingerprint density at radius 2 is 2.30 bits per heavy atom. The van der Waals surface area contributed by atoms with Crippen molar-refractivity contribution in [3.8, 4) is 0 Å². The predicted molar refractivity (Wildman–Crippen MR) is 42.3 cm³/mol. The van der Waals surface area contributed by atoms with E-state index in [1.54, 1.807) is 7.11 Å². The molecule has 2 saturated carbocycles. The number of hydrogen-bond donors (Lipinski definition) is 1. The molecule has 0 aliphatic heterocycles. The van der Waals surface area contributed by atoms with Gasteiger partial charge >= 0.3 is 0 Å². The minimum absolute atomic E-state index is 0. The van der Waals surface area contributed by atoms with Crippen LogP contribution < -0.4 is 5.73 Å². The molecular formula is C7H14ClNO. The van der Waals surface area contributed by atoms with Crippen LogP contribution in [0.4, 0.5) is 0 Å². The topological polar surface area (TPSA) is 35.2 Å². The molecule has 2 aliphatic rings. The van der Waals surface area contributed by atoms with Crippen molar-refractivity contribution < 1.29 is 4.74 Å². The summed E-state index contributed by atoms with van der Waals surface area (Å²) in [6, 6.07) is 0.358. The number of methoxy groups -OCH3 is 1. The molecule has 60 valence electrons. The van der Waals surface area contributed by atoms with Gasteiger partial charge in [-0.05, 0) is 12.8 Å². The molecule has 2 rings (SSSR count). The second-order valence-corrected chi connectivity index (χ2v) is 3.18. The van der Waals surface area contributed by atoms with E-state index < -0.39 is 0 Å². The average molecular weight is 164 g/mol. The van der Waals surface area contributed by atoms with E-state index in [4.69, 9.17) is 10.5 Å². The summed E-state index contributed by atoms with van der Waals surface area (Å²) in [7, 11) is 1.78. The third-order valence-corrected chi connectivity index (χ3v) is 2.98. The number of nitrogens with two attached hydrogens (primary N) is 1. The fraction of sp³-hybridized carbons (Fsp3) is 1.00. The van der Waals surface area contributed by atoms with E-state index >= 15 is 0 Å². The van der Waals surface area contributed by atoms with E-state index in [0.717, 1.165) is 0 Å². The standard InChI is InChI=1S/C7H13NO.ClH/c1-9-7-4-2-3-5(7)6(7)8;/h5-6H,2-4,8H2,1H3;1H. The molecule has 3 heteroatoms. The van der Waals surface area contributed by atoms with Gasteiger partial charge < -0.3 is 10.5 Å². The smallest absolute Gasteiger partial charge is 0.0876 e. The van der Waals surface area contributed by atoms with Crippen LogP contribution in [-0.4, -0.2) is 18.8 Å². The Balaban J connectivity index is 0.000000500. The molecule has 0 aromatic rings. The maximum Gasteiger partial charge on any atom is 0.0876 e. The quantitative estimate of drug-likeness (QED) is 0.625. The molecule has 3 atom stereocenters. The van der Waals surface area contributed by atoms with Gasteiger partial charge in [0.15, 0.2) is 0 Å². The molecule has 0 spiro atoms. The Hall–Kier alpha value is 0.210. The van der Waals surface area contributed by atoms with Crippen molar-refractivity contribution in [1.29, 1.82) is 0 Å². The van der Waals surface area contributed by atoms with Gasteiger partial charge in [0.25, 0.3) is 0 Å². The fourth-order valence-corrected chi connectivity index (χ4v) is 2.29. The van der Waals surface area contributed by atoms with Crippen LogP contribution in [0.5, 0.6) is 0 Å². The van der Waals surface area contributed by atoms with Crippen molar-refractivity contribution in [3.05, 3.63) is 0 Å². The number of ether oxygens (including phenoxy) is 1. The highest BCUT2D eigenvalue weighted by Crippen LogP contribution is 2.56. The average Bonchev–Trinajstić information content (AvgIpc) is 2.29. The maximum atomic E-state index is 5.79. The molecule has 2 fully saturated rings. The lowest BCUT2D eigenvalue weighted by Crippen LogP contribution is -2.21. The monoisotopic (exact) mass is 163 g/mol. The summed E-state index contributed by atoms with van der Waals surface area (Å²) in [5.74, 6) is 0.697. The molecule has 0 amide bonds. The Bertz CT molecular complexity index is 142. The summed E-state index contributed by atoms with van der Waals surface area (Å²) < 4.78 is 5.36. The lowest BCUT2D eigenvalue weighted by atomic mass is 10.2. The van der Waals surface area contributed by atoms with E-state index in [9.17, 15) is 0 Å². The van der Waals surface area contributed by atoms with Gasteiger partial charge in [-0.25, -0.2) is 0 Å². The molecule has 2 N–H and O–H groups in total. The first-order chi connectivity index (χ1) is 4.31. The minimum atomic E-state index is 0. The van der Waals surface area contributed by atoms with Crippen molar-refractivity contribution in [2.75, 3.05) is 7.11 Å². The summed E-state index contributed by atoms with van der Waals surface area (Å²) in [6.45, 7) is 0. The zero-order valence-electron chi connectivity index (χ0n) is 6.17. The van der Waals surface area contributed by atoms with Crippen LogP contribution in [0.1, 0.15) is 19.3 Å². The van der Waals surface area contributed by atoms with Crippen LogP contribution in [0.15, 0.2) is 0 Å². The summed E-state index contributed by atoms with van der Waals surface area (Å²) >= 11 is 0. The zero-order chi connectivity index (χ0) is 6.48. The third-order valence-electron chi connectivity index (χ3n) is 2.98. The molecular weight excluding hydrogens is 150 g/mol. The fourth-order valence-electron chi connectivity index (χ4n) is 2.29. The Morgan fingerprint density at radius 3 is 2.60 bits per heavy atom. The minimum Gasteiger partial charge on any atom is -0.376 e. The Labute approximate surface area is 67.5 Å². The third kappa shape index (κ3) is 0.728. The second-order valence-electron chi connectivity index (χ2n) is 3.18. The summed E-state index contributed by atoms with van der Waals surface area (Å²) in [6.07, 6.45) is 3.79. The van der Waals surface area contributed by atoms with Crippen LogP contribution in [0.25, 0.3) is 0 Å². The molecule has 0 aromatic carbocycles. The van der Waals surface area contributed by atoms with Crippen LogP contribution in [0, 0.1) is 5.92 Å². The maximum absolute atomic E-state index is 5.79. The van der Waals surface area contributed by atoms with Crippen LogP contribution in [0.2, 0.25) is 0 Å². The number of hydrogen-bond acceptors (Lipinski definition) is 2. The first kappa shape index (κ1) is 8.31. The van der Waals surface area contributed by atoms with Crippen molar-refractivity contribution >= 4 is 12.4 Å². The Morgan fingerprint density at radius 1 is 1.60 bits per heavy atom. The number of fused-ring (bicyclic) bond motifs is 1. The predicted octanol–water partition coefficient (Wildman–Crippen LogP) is 0.934. The van der Waals surface area contributed by atoms with Gasteiger partial charge in [-0.15, -0.1) is 12.4 Å². The Kier molecular flexibility index (Phi) is 1.96. The molecule has 0 aromatic heterocycles. The first-order valence-electron chi connectivity index (χ1n) is 3.62. The second kappa shape index (κ2) is 2.36.